The van der Waals surface area contributed by atoms with Gasteiger partial charge in [0.05, 0.1) is 0 Å². The van der Waals surface area contributed by atoms with Gasteiger partial charge in [-0.15, -0.1) is 24.0 Å². The van der Waals surface area contributed by atoms with Gasteiger partial charge in [0.1, 0.15) is 0 Å². The highest BCUT2D eigenvalue weighted by Crippen LogP contribution is 2.20. The van der Waals surface area contributed by atoms with Gasteiger partial charge in [0.2, 0.25) is 0 Å². The molecule has 2 fully saturated rings. The Morgan fingerprint density at radius 3 is 2.35 bits per heavy atom. The van der Waals surface area contributed by atoms with Crippen molar-refractivity contribution in [3.63, 3.8) is 0 Å². The summed E-state index contributed by atoms with van der Waals surface area (Å²) in [5, 5.41) is 3.59. The first kappa shape index (κ1) is 24.0. The van der Waals surface area contributed by atoms with Gasteiger partial charge in [0, 0.05) is 51.9 Å². The maximum Gasteiger partial charge on any atom is 0.193 e. The van der Waals surface area contributed by atoms with Crippen LogP contribution in [-0.2, 0) is 0 Å². The van der Waals surface area contributed by atoms with Crippen LogP contribution in [0.2, 0.25) is 0 Å². The molecule has 2 rings (SSSR count). The lowest BCUT2D eigenvalue weighted by molar-refractivity contribution is 0.173. The third kappa shape index (κ3) is 7.50. The minimum Gasteiger partial charge on any atom is -0.356 e. The molecule has 0 aliphatic carbocycles. The van der Waals surface area contributed by atoms with Gasteiger partial charge in [-0.05, 0) is 72.4 Å². The molecule has 6 heteroatoms. The Morgan fingerprint density at radius 2 is 1.77 bits per heavy atom. The van der Waals surface area contributed by atoms with E-state index in [1.54, 1.807) is 0 Å². The molecule has 0 bridgehead atoms. The molecule has 1 atom stereocenters. The van der Waals surface area contributed by atoms with Crippen molar-refractivity contribution in [2.45, 2.75) is 65.5 Å². The topological polar surface area (TPSA) is 34.1 Å². The molecule has 0 aromatic heterocycles. The number of halogens is 1. The summed E-state index contributed by atoms with van der Waals surface area (Å²) in [4.78, 5) is 12.2. The van der Waals surface area contributed by atoms with E-state index in [2.05, 4.69) is 52.7 Å². The second-order valence-electron chi connectivity index (χ2n) is 8.36. The van der Waals surface area contributed by atoms with E-state index in [9.17, 15) is 0 Å². The first-order chi connectivity index (χ1) is 12.0. The summed E-state index contributed by atoms with van der Waals surface area (Å²) in [5.74, 6) is 1.92. The second kappa shape index (κ2) is 12.4. The van der Waals surface area contributed by atoms with E-state index in [4.69, 9.17) is 0 Å². The number of nitrogens with zero attached hydrogens (tertiary/aromatic N) is 4. The molecule has 0 aromatic carbocycles. The predicted molar refractivity (Wildman–Crippen MR) is 124 cm³/mol. The van der Waals surface area contributed by atoms with Crippen LogP contribution in [0.15, 0.2) is 4.99 Å². The van der Waals surface area contributed by atoms with Crippen LogP contribution >= 0.6 is 24.0 Å². The monoisotopic (exact) mass is 479 g/mol. The van der Waals surface area contributed by atoms with Crippen molar-refractivity contribution in [3.05, 3.63) is 0 Å². The molecular formula is C20H42IN5. The van der Waals surface area contributed by atoms with Crippen molar-refractivity contribution in [3.8, 4) is 0 Å². The molecule has 154 valence electrons. The number of nitrogens with one attached hydrogen (secondary N) is 1. The lowest BCUT2D eigenvalue weighted by Gasteiger charge is -2.30. The molecule has 2 aliphatic heterocycles. The van der Waals surface area contributed by atoms with Gasteiger partial charge >= 0.3 is 0 Å². The summed E-state index contributed by atoms with van der Waals surface area (Å²) in [6.07, 6.45) is 5.26. The van der Waals surface area contributed by atoms with Crippen LogP contribution < -0.4 is 5.32 Å². The molecule has 1 unspecified atom stereocenters. The average molecular weight is 479 g/mol. The molecule has 2 heterocycles. The predicted octanol–water partition coefficient (Wildman–Crippen LogP) is 3.11. The van der Waals surface area contributed by atoms with E-state index in [-0.39, 0.29) is 24.0 Å². The molecule has 0 amide bonds. The molecule has 0 saturated carbocycles. The Balaban J connectivity index is 0.00000338. The average Bonchev–Trinajstić information content (AvgIpc) is 3.22. The first-order valence-electron chi connectivity index (χ1n) is 10.4. The van der Waals surface area contributed by atoms with Crippen LogP contribution in [0.4, 0.5) is 0 Å². The van der Waals surface area contributed by atoms with E-state index in [0.29, 0.717) is 12.1 Å². The Kier molecular flexibility index (Phi) is 11.4. The van der Waals surface area contributed by atoms with E-state index >= 15 is 0 Å². The quantitative estimate of drug-likeness (QED) is 0.251. The fraction of sp³-hybridized carbons (Fsp3) is 0.950. The molecule has 0 aromatic rings. The molecule has 2 aliphatic rings. The minimum atomic E-state index is 0. The zero-order chi connectivity index (χ0) is 18.2. The van der Waals surface area contributed by atoms with Gasteiger partial charge in [-0.25, -0.2) is 0 Å². The van der Waals surface area contributed by atoms with Crippen LogP contribution in [0.1, 0.15) is 53.4 Å². The van der Waals surface area contributed by atoms with E-state index in [0.717, 1.165) is 31.5 Å². The number of hydrogen-bond acceptors (Lipinski definition) is 3. The summed E-state index contributed by atoms with van der Waals surface area (Å²) >= 11 is 0. The molecular weight excluding hydrogens is 437 g/mol. The normalized spacial score (nSPS) is 21.9. The first-order valence-corrected chi connectivity index (χ1v) is 10.4. The van der Waals surface area contributed by atoms with Crippen molar-refractivity contribution in [1.82, 2.24) is 20.0 Å². The van der Waals surface area contributed by atoms with Gasteiger partial charge in [-0.1, -0.05) is 0 Å². The van der Waals surface area contributed by atoms with Crippen LogP contribution in [0.3, 0.4) is 0 Å². The zero-order valence-corrected chi connectivity index (χ0v) is 20.0. The largest absolute Gasteiger partial charge is 0.356 e. The Hall–Kier alpha value is -0.0800. The maximum atomic E-state index is 4.53. The van der Waals surface area contributed by atoms with Crippen LogP contribution in [0.5, 0.6) is 0 Å². The van der Waals surface area contributed by atoms with E-state index in [1.165, 1.54) is 51.9 Å². The summed E-state index contributed by atoms with van der Waals surface area (Å²) in [6, 6.07) is 1.23. The van der Waals surface area contributed by atoms with Crippen molar-refractivity contribution >= 4 is 29.9 Å². The molecule has 0 radical (unpaired) electrons. The lowest BCUT2D eigenvalue weighted by Crippen LogP contribution is -2.43. The molecule has 5 nitrogen and oxygen atoms in total. The van der Waals surface area contributed by atoms with E-state index in [1.807, 2.05) is 7.05 Å². The van der Waals surface area contributed by atoms with Gasteiger partial charge in [-0.3, -0.25) is 9.89 Å². The molecule has 1 N–H and O–H groups in total. The third-order valence-corrected chi connectivity index (χ3v) is 5.72. The van der Waals surface area contributed by atoms with Gasteiger partial charge < -0.3 is 15.1 Å². The lowest BCUT2D eigenvalue weighted by atomic mass is 10.1. The molecule has 2 saturated heterocycles. The van der Waals surface area contributed by atoms with Crippen LogP contribution in [0.25, 0.3) is 0 Å². The van der Waals surface area contributed by atoms with Crippen molar-refractivity contribution in [2.24, 2.45) is 10.9 Å². The number of guanidine groups is 1. The van der Waals surface area contributed by atoms with Gasteiger partial charge in [0.15, 0.2) is 5.96 Å². The molecule has 26 heavy (non-hydrogen) atoms. The molecule has 0 spiro atoms. The Morgan fingerprint density at radius 1 is 1.12 bits per heavy atom. The minimum absolute atomic E-state index is 0. The number of aliphatic imine (C=N–C) groups is 1. The number of rotatable bonds is 8. The Labute approximate surface area is 179 Å². The summed E-state index contributed by atoms with van der Waals surface area (Å²) in [7, 11) is 1.92. The summed E-state index contributed by atoms with van der Waals surface area (Å²) in [6.45, 7) is 17.5. The van der Waals surface area contributed by atoms with Crippen LogP contribution in [0, 0.1) is 5.92 Å². The van der Waals surface area contributed by atoms with Crippen LogP contribution in [-0.4, -0.2) is 85.6 Å². The van der Waals surface area contributed by atoms with Gasteiger partial charge in [0.25, 0.3) is 0 Å². The fourth-order valence-corrected chi connectivity index (χ4v) is 4.41. The Bertz CT molecular complexity index is 399. The third-order valence-electron chi connectivity index (χ3n) is 5.72. The smallest absolute Gasteiger partial charge is 0.193 e. The fourth-order valence-electron chi connectivity index (χ4n) is 4.41. The number of hydrogen-bond donors (Lipinski definition) is 1. The SMILES string of the molecule is CN=C(NCCCN(C(C)C)C(C)C)N1CCC(CN2CCCC2)C1.I. The summed E-state index contributed by atoms with van der Waals surface area (Å²) in [5.41, 5.74) is 0. The number of likely N-dealkylation sites (tertiary alicyclic amines) is 2. The van der Waals surface area contributed by atoms with E-state index < -0.39 is 0 Å². The van der Waals surface area contributed by atoms with Crippen molar-refractivity contribution in [1.29, 1.82) is 0 Å². The highest BCUT2D eigenvalue weighted by molar-refractivity contribution is 14.0. The zero-order valence-electron chi connectivity index (χ0n) is 17.7. The standard InChI is InChI=1S/C20H41N5.HI/c1-17(2)25(18(3)4)13-8-10-22-20(21-5)24-14-9-19(16-24)15-23-11-6-7-12-23;/h17-19H,6-16H2,1-5H3,(H,21,22);1H. The second-order valence-corrected chi connectivity index (χ2v) is 8.36. The van der Waals surface area contributed by atoms with Gasteiger partial charge in [-0.2, -0.15) is 0 Å². The van der Waals surface area contributed by atoms with Crippen molar-refractivity contribution < 1.29 is 0 Å². The highest BCUT2D eigenvalue weighted by atomic mass is 127. The maximum absolute atomic E-state index is 4.53. The summed E-state index contributed by atoms with van der Waals surface area (Å²) < 4.78 is 0. The highest BCUT2D eigenvalue weighted by Gasteiger charge is 2.27. The van der Waals surface area contributed by atoms with Crippen molar-refractivity contribution in [2.75, 3.05) is 52.9 Å².